The SMILES string of the molecule is CNCCC(=O)NC(Cc1ccccc1)C(F)(F)F. The standard InChI is InChI=1S/C13H17F3N2O/c1-17-8-7-12(19)18-11(13(14,15)16)9-10-5-3-2-4-6-10/h2-6,11,17H,7-9H2,1H3,(H,18,19). The molecule has 0 radical (unpaired) electrons. The molecule has 106 valence electrons. The van der Waals surface area contributed by atoms with Crippen LogP contribution in [0.15, 0.2) is 30.3 Å². The van der Waals surface area contributed by atoms with Crippen molar-refractivity contribution in [3.05, 3.63) is 35.9 Å². The quantitative estimate of drug-likeness (QED) is 0.831. The number of nitrogens with one attached hydrogen (secondary N) is 2. The summed E-state index contributed by atoms with van der Waals surface area (Å²) in [7, 11) is 1.64. The molecule has 0 saturated heterocycles. The summed E-state index contributed by atoms with van der Waals surface area (Å²) >= 11 is 0. The Morgan fingerprint density at radius 2 is 1.89 bits per heavy atom. The highest BCUT2D eigenvalue weighted by Crippen LogP contribution is 2.23. The van der Waals surface area contributed by atoms with E-state index in [1.165, 1.54) is 0 Å². The molecule has 0 aliphatic heterocycles. The van der Waals surface area contributed by atoms with Gasteiger partial charge < -0.3 is 10.6 Å². The van der Waals surface area contributed by atoms with Gasteiger partial charge in [-0.1, -0.05) is 30.3 Å². The highest BCUT2D eigenvalue weighted by Gasteiger charge is 2.40. The Morgan fingerprint density at radius 3 is 2.42 bits per heavy atom. The maximum atomic E-state index is 12.9. The molecular formula is C13H17F3N2O. The molecule has 0 aliphatic rings. The molecule has 1 atom stereocenters. The molecule has 0 spiro atoms. The molecule has 19 heavy (non-hydrogen) atoms. The zero-order valence-electron chi connectivity index (χ0n) is 10.6. The molecule has 1 aromatic rings. The zero-order chi connectivity index (χ0) is 14.3. The van der Waals surface area contributed by atoms with Gasteiger partial charge in [-0.25, -0.2) is 0 Å². The first-order valence-electron chi connectivity index (χ1n) is 5.98. The number of benzene rings is 1. The fraction of sp³-hybridized carbons (Fsp3) is 0.462. The van der Waals surface area contributed by atoms with E-state index in [1.807, 2.05) is 5.32 Å². The molecule has 1 unspecified atom stereocenters. The summed E-state index contributed by atoms with van der Waals surface area (Å²) in [5.41, 5.74) is 0.541. The van der Waals surface area contributed by atoms with E-state index in [-0.39, 0.29) is 12.8 Å². The van der Waals surface area contributed by atoms with Gasteiger partial charge in [-0.3, -0.25) is 4.79 Å². The lowest BCUT2D eigenvalue weighted by molar-refractivity contribution is -0.161. The third-order valence-electron chi connectivity index (χ3n) is 2.62. The van der Waals surface area contributed by atoms with E-state index < -0.39 is 18.1 Å². The van der Waals surface area contributed by atoms with Crippen LogP contribution in [0.25, 0.3) is 0 Å². The minimum absolute atomic E-state index is 0.0257. The second-order valence-corrected chi connectivity index (χ2v) is 4.20. The summed E-state index contributed by atoms with van der Waals surface area (Å²) in [5, 5.41) is 4.75. The van der Waals surface area contributed by atoms with Crippen molar-refractivity contribution >= 4 is 5.91 Å². The van der Waals surface area contributed by atoms with E-state index >= 15 is 0 Å². The Kier molecular flexibility index (Phi) is 5.82. The first-order chi connectivity index (χ1) is 8.93. The first kappa shape index (κ1) is 15.5. The van der Waals surface area contributed by atoms with Gasteiger partial charge in [0, 0.05) is 19.4 Å². The molecule has 1 rings (SSSR count). The molecule has 0 saturated carbocycles. The van der Waals surface area contributed by atoms with Gasteiger partial charge in [-0.2, -0.15) is 13.2 Å². The molecular weight excluding hydrogens is 257 g/mol. The Labute approximate surface area is 110 Å². The van der Waals surface area contributed by atoms with Crippen molar-refractivity contribution in [2.24, 2.45) is 0 Å². The molecule has 0 fully saturated rings. The van der Waals surface area contributed by atoms with E-state index in [0.717, 1.165) is 0 Å². The van der Waals surface area contributed by atoms with Crippen molar-refractivity contribution in [3.63, 3.8) is 0 Å². The zero-order valence-corrected chi connectivity index (χ0v) is 10.6. The van der Waals surface area contributed by atoms with Crippen LogP contribution in [0.2, 0.25) is 0 Å². The number of carbonyl (C=O) groups is 1. The Hall–Kier alpha value is -1.56. The molecule has 0 aromatic heterocycles. The highest BCUT2D eigenvalue weighted by atomic mass is 19.4. The van der Waals surface area contributed by atoms with Crippen molar-refractivity contribution in [3.8, 4) is 0 Å². The third-order valence-corrected chi connectivity index (χ3v) is 2.62. The second kappa shape index (κ2) is 7.13. The summed E-state index contributed by atoms with van der Waals surface area (Å²) < 4.78 is 38.6. The van der Waals surface area contributed by atoms with Gasteiger partial charge in [0.1, 0.15) is 6.04 Å². The minimum atomic E-state index is -4.45. The first-order valence-corrected chi connectivity index (χ1v) is 5.98. The number of amides is 1. The van der Waals surface area contributed by atoms with Crippen molar-refractivity contribution in [1.29, 1.82) is 0 Å². The van der Waals surface area contributed by atoms with E-state index in [1.54, 1.807) is 37.4 Å². The minimum Gasteiger partial charge on any atom is -0.344 e. The number of hydrogen-bond donors (Lipinski definition) is 2. The second-order valence-electron chi connectivity index (χ2n) is 4.20. The van der Waals surface area contributed by atoms with Crippen LogP contribution in [0, 0.1) is 0 Å². The summed E-state index contributed by atoms with van der Waals surface area (Å²) in [6, 6.07) is 6.45. The van der Waals surface area contributed by atoms with E-state index in [0.29, 0.717) is 12.1 Å². The lowest BCUT2D eigenvalue weighted by atomic mass is 10.1. The van der Waals surface area contributed by atoms with Gasteiger partial charge in [-0.05, 0) is 12.6 Å². The summed E-state index contributed by atoms with van der Waals surface area (Å²) in [6.45, 7) is 0.349. The van der Waals surface area contributed by atoms with Gasteiger partial charge in [0.2, 0.25) is 5.91 Å². The Balaban J connectivity index is 2.65. The molecule has 6 heteroatoms. The average molecular weight is 274 g/mol. The van der Waals surface area contributed by atoms with Gasteiger partial charge in [0.15, 0.2) is 0 Å². The van der Waals surface area contributed by atoms with Gasteiger partial charge >= 0.3 is 6.18 Å². The normalized spacial score (nSPS) is 13.1. The average Bonchev–Trinajstić information content (AvgIpc) is 2.36. The predicted molar refractivity (Wildman–Crippen MR) is 66.7 cm³/mol. The van der Waals surface area contributed by atoms with E-state index in [9.17, 15) is 18.0 Å². The molecule has 0 aliphatic carbocycles. The van der Waals surface area contributed by atoms with Crippen LogP contribution < -0.4 is 10.6 Å². The summed E-state index contributed by atoms with van der Waals surface area (Å²) in [6.07, 6.45) is -4.68. The van der Waals surface area contributed by atoms with Crippen molar-refractivity contribution < 1.29 is 18.0 Å². The molecule has 0 heterocycles. The van der Waals surface area contributed by atoms with Crippen molar-refractivity contribution in [2.75, 3.05) is 13.6 Å². The molecule has 1 amide bonds. The predicted octanol–water partition coefficient (Wildman–Crippen LogP) is 1.89. The Morgan fingerprint density at radius 1 is 1.26 bits per heavy atom. The van der Waals surface area contributed by atoms with E-state index in [2.05, 4.69) is 5.32 Å². The fourth-order valence-corrected chi connectivity index (χ4v) is 1.60. The van der Waals surface area contributed by atoms with E-state index in [4.69, 9.17) is 0 Å². The molecule has 0 bridgehead atoms. The van der Waals surface area contributed by atoms with Crippen molar-refractivity contribution in [2.45, 2.75) is 25.1 Å². The van der Waals surface area contributed by atoms with Crippen LogP contribution in [0.1, 0.15) is 12.0 Å². The molecule has 1 aromatic carbocycles. The fourth-order valence-electron chi connectivity index (χ4n) is 1.60. The lowest BCUT2D eigenvalue weighted by Crippen LogP contribution is -2.47. The molecule has 3 nitrogen and oxygen atoms in total. The number of halogens is 3. The van der Waals surface area contributed by atoms with Gasteiger partial charge in [0.25, 0.3) is 0 Å². The number of alkyl halides is 3. The lowest BCUT2D eigenvalue weighted by Gasteiger charge is -2.21. The monoisotopic (exact) mass is 274 g/mol. The van der Waals surface area contributed by atoms with Crippen LogP contribution in [0.3, 0.4) is 0 Å². The van der Waals surface area contributed by atoms with Crippen LogP contribution in [0.5, 0.6) is 0 Å². The van der Waals surface area contributed by atoms with Gasteiger partial charge in [0.05, 0.1) is 0 Å². The Bertz CT molecular complexity index is 393. The summed E-state index contributed by atoms with van der Waals surface area (Å²) in [5.74, 6) is -0.604. The number of hydrogen-bond acceptors (Lipinski definition) is 2. The van der Waals surface area contributed by atoms with Crippen molar-refractivity contribution in [1.82, 2.24) is 10.6 Å². The van der Waals surface area contributed by atoms with Crippen LogP contribution in [0.4, 0.5) is 13.2 Å². The summed E-state index contributed by atoms with van der Waals surface area (Å²) in [4.78, 5) is 11.4. The molecule has 2 N–H and O–H groups in total. The number of carbonyl (C=O) groups excluding carboxylic acids is 1. The largest absolute Gasteiger partial charge is 0.408 e. The maximum Gasteiger partial charge on any atom is 0.408 e. The van der Waals surface area contributed by atoms with Gasteiger partial charge in [-0.15, -0.1) is 0 Å². The topological polar surface area (TPSA) is 41.1 Å². The van der Waals surface area contributed by atoms with Crippen LogP contribution in [-0.2, 0) is 11.2 Å². The third kappa shape index (κ3) is 5.74. The van der Waals surface area contributed by atoms with Crippen LogP contribution in [-0.4, -0.2) is 31.7 Å². The number of rotatable bonds is 6. The maximum absolute atomic E-state index is 12.9. The van der Waals surface area contributed by atoms with Crippen LogP contribution >= 0.6 is 0 Å². The smallest absolute Gasteiger partial charge is 0.344 e. The highest BCUT2D eigenvalue weighted by molar-refractivity contribution is 5.76.